The molecule has 3 unspecified atom stereocenters. The lowest BCUT2D eigenvalue weighted by Gasteiger charge is -2.18. The molecule has 0 radical (unpaired) electrons. The summed E-state index contributed by atoms with van der Waals surface area (Å²) in [6.07, 6.45) is 7.53. The number of aryl methyl sites for hydroxylation is 1. The van der Waals surface area contributed by atoms with Crippen LogP contribution in [-0.4, -0.2) is 58.9 Å². The molecule has 0 saturated heterocycles. The first kappa shape index (κ1) is 25.9. The molecule has 1 fully saturated rings. The molecule has 13 nitrogen and oxygen atoms in total. The minimum atomic E-state index is -0.281. The predicted molar refractivity (Wildman–Crippen MR) is 142 cm³/mol. The van der Waals surface area contributed by atoms with Crippen molar-refractivity contribution >= 4 is 11.6 Å². The Labute approximate surface area is 224 Å². The van der Waals surface area contributed by atoms with E-state index in [0.717, 1.165) is 6.42 Å². The van der Waals surface area contributed by atoms with Gasteiger partial charge in [0, 0.05) is 56.5 Å². The van der Waals surface area contributed by atoms with Gasteiger partial charge in [-0.1, -0.05) is 0 Å². The number of anilines is 2. The van der Waals surface area contributed by atoms with E-state index in [-0.39, 0.29) is 36.1 Å². The quantitative estimate of drug-likeness (QED) is 0.262. The van der Waals surface area contributed by atoms with Gasteiger partial charge in [0.15, 0.2) is 5.82 Å². The van der Waals surface area contributed by atoms with Crippen LogP contribution in [0.1, 0.15) is 32.7 Å². The highest BCUT2D eigenvalue weighted by molar-refractivity contribution is 5.75. The molecule has 13 heteroatoms. The fourth-order valence-corrected chi connectivity index (χ4v) is 4.16. The van der Waals surface area contributed by atoms with Crippen molar-refractivity contribution < 1.29 is 14.6 Å². The van der Waals surface area contributed by atoms with E-state index in [2.05, 4.69) is 36.5 Å². The molecule has 0 amide bonds. The number of nitrogens with zero attached hydrogens (tertiary/aromatic N) is 7. The molecule has 0 aliphatic heterocycles. The Morgan fingerprint density at radius 2 is 2.15 bits per heavy atom. The molecule has 1 saturated carbocycles. The SMILES string of the molecule is CCOc1nn(C2CC2C#N)cc1-c1cnc(Nc2ccnc(-c3c[nH]n(C)c3=O)n2)cc1OC(C)CCO. The van der Waals surface area contributed by atoms with Gasteiger partial charge < -0.3 is 25.0 Å². The van der Waals surface area contributed by atoms with Crippen LogP contribution in [0.15, 0.2) is 41.7 Å². The molecule has 1 aliphatic carbocycles. The third-order valence-electron chi connectivity index (χ3n) is 6.35. The molecule has 39 heavy (non-hydrogen) atoms. The van der Waals surface area contributed by atoms with E-state index in [4.69, 9.17) is 9.47 Å². The smallest absolute Gasteiger partial charge is 0.277 e. The van der Waals surface area contributed by atoms with Gasteiger partial charge in [-0.05, 0) is 26.3 Å². The van der Waals surface area contributed by atoms with Crippen LogP contribution in [0.2, 0.25) is 0 Å². The summed E-state index contributed by atoms with van der Waals surface area (Å²) in [7, 11) is 1.62. The molecule has 3 N–H and O–H groups in total. The number of ether oxygens (including phenoxy) is 2. The lowest BCUT2D eigenvalue weighted by Crippen LogP contribution is -2.14. The highest BCUT2D eigenvalue weighted by atomic mass is 16.5. The standard InChI is InChI=1S/C26H29N9O4/c1-4-38-25-19(14-35(33-25)20-9-16(20)11-27)17-12-29-23(10-21(17)39-15(2)6-8-36)31-22-5-7-28-24(32-22)18-13-30-34(3)26(18)37/h5,7,10,12-16,20,30,36H,4,6,8-9H2,1-3H3,(H,28,29,31,32). The zero-order valence-electron chi connectivity index (χ0n) is 21.8. The monoisotopic (exact) mass is 531 g/mol. The molecule has 4 aromatic rings. The predicted octanol–water partition coefficient (Wildman–Crippen LogP) is 2.81. The van der Waals surface area contributed by atoms with Crippen LogP contribution < -0.4 is 20.3 Å². The second-order valence-electron chi connectivity index (χ2n) is 9.25. The molecular weight excluding hydrogens is 502 g/mol. The number of nitriles is 1. The van der Waals surface area contributed by atoms with E-state index in [1.54, 1.807) is 42.5 Å². The summed E-state index contributed by atoms with van der Waals surface area (Å²) in [6, 6.07) is 5.71. The lowest BCUT2D eigenvalue weighted by atomic mass is 10.1. The van der Waals surface area contributed by atoms with Crippen LogP contribution in [0, 0.1) is 17.2 Å². The van der Waals surface area contributed by atoms with E-state index in [0.29, 0.717) is 53.0 Å². The maximum atomic E-state index is 12.3. The molecule has 4 aromatic heterocycles. The number of hydrogen-bond acceptors (Lipinski definition) is 10. The zero-order valence-corrected chi connectivity index (χ0v) is 21.8. The van der Waals surface area contributed by atoms with Gasteiger partial charge >= 0.3 is 0 Å². The Morgan fingerprint density at radius 1 is 1.31 bits per heavy atom. The van der Waals surface area contributed by atoms with Gasteiger partial charge in [-0.2, -0.15) is 5.26 Å². The first-order valence-electron chi connectivity index (χ1n) is 12.7. The molecule has 202 valence electrons. The van der Waals surface area contributed by atoms with E-state index >= 15 is 0 Å². The first-order chi connectivity index (χ1) is 18.9. The fraction of sp³-hybridized carbons (Fsp3) is 0.385. The Morgan fingerprint density at radius 3 is 2.85 bits per heavy atom. The number of aliphatic hydroxyl groups is 1. The van der Waals surface area contributed by atoms with Gasteiger partial charge in [-0.15, -0.1) is 5.10 Å². The van der Waals surface area contributed by atoms with Crippen molar-refractivity contribution in [1.82, 2.24) is 34.5 Å². The highest BCUT2D eigenvalue weighted by Gasteiger charge is 2.40. The minimum Gasteiger partial charge on any atom is -0.490 e. The number of rotatable bonds is 11. The van der Waals surface area contributed by atoms with Gasteiger partial charge in [0.05, 0.1) is 36.3 Å². The van der Waals surface area contributed by atoms with Gasteiger partial charge in [0.25, 0.3) is 5.56 Å². The van der Waals surface area contributed by atoms with Crippen LogP contribution in [0.3, 0.4) is 0 Å². The van der Waals surface area contributed by atoms with E-state index in [9.17, 15) is 15.2 Å². The highest BCUT2D eigenvalue weighted by Crippen LogP contribution is 2.45. The largest absolute Gasteiger partial charge is 0.490 e. The van der Waals surface area contributed by atoms with Gasteiger partial charge in [-0.3, -0.25) is 14.2 Å². The molecule has 4 heterocycles. The maximum Gasteiger partial charge on any atom is 0.277 e. The number of aliphatic hydroxyl groups excluding tert-OH is 1. The topological polar surface area (TPSA) is 169 Å². The molecule has 5 rings (SSSR count). The van der Waals surface area contributed by atoms with Crippen molar-refractivity contribution in [2.24, 2.45) is 13.0 Å². The van der Waals surface area contributed by atoms with E-state index < -0.39 is 0 Å². The maximum absolute atomic E-state index is 12.3. The van der Waals surface area contributed by atoms with Crippen LogP contribution in [0.4, 0.5) is 11.6 Å². The Kier molecular flexibility index (Phi) is 7.29. The fourth-order valence-electron chi connectivity index (χ4n) is 4.16. The second kappa shape index (κ2) is 11.0. The van der Waals surface area contributed by atoms with Gasteiger partial charge in [0.2, 0.25) is 5.88 Å². The summed E-state index contributed by atoms with van der Waals surface area (Å²) in [4.78, 5) is 25.6. The van der Waals surface area contributed by atoms with Crippen LogP contribution in [0.5, 0.6) is 11.6 Å². The molecular formula is C26H29N9O4. The number of aromatic amines is 1. The molecule has 0 spiro atoms. The van der Waals surface area contributed by atoms with Crippen LogP contribution in [-0.2, 0) is 7.05 Å². The van der Waals surface area contributed by atoms with E-state index in [1.807, 2.05) is 20.0 Å². The lowest BCUT2D eigenvalue weighted by molar-refractivity contribution is 0.169. The molecule has 0 aromatic carbocycles. The average molecular weight is 532 g/mol. The van der Waals surface area contributed by atoms with Crippen molar-refractivity contribution in [3.8, 4) is 40.2 Å². The minimum absolute atomic E-state index is 0.0124. The Balaban J connectivity index is 1.49. The van der Waals surface area contributed by atoms with E-state index in [1.165, 1.54) is 4.68 Å². The molecule has 3 atom stereocenters. The van der Waals surface area contributed by atoms with Crippen molar-refractivity contribution in [2.75, 3.05) is 18.5 Å². The number of H-pyrrole nitrogens is 1. The van der Waals surface area contributed by atoms with Crippen molar-refractivity contribution in [3.05, 3.63) is 47.3 Å². The second-order valence-corrected chi connectivity index (χ2v) is 9.25. The third-order valence-corrected chi connectivity index (χ3v) is 6.35. The first-order valence-corrected chi connectivity index (χ1v) is 12.7. The van der Waals surface area contributed by atoms with Crippen molar-refractivity contribution in [1.29, 1.82) is 5.26 Å². The number of hydrogen-bond donors (Lipinski definition) is 3. The third kappa shape index (κ3) is 5.46. The van der Waals surface area contributed by atoms with Crippen LogP contribution >= 0.6 is 0 Å². The number of pyridine rings is 1. The van der Waals surface area contributed by atoms with Gasteiger partial charge in [0.1, 0.15) is 22.9 Å². The number of nitrogens with one attached hydrogen (secondary N) is 2. The Bertz CT molecular complexity index is 1570. The average Bonchev–Trinajstić information content (AvgIpc) is 3.49. The summed E-state index contributed by atoms with van der Waals surface area (Å²) in [5, 5.41) is 29.2. The summed E-state index contributed by atoms with van der Waals surface area (Å²) in [6.45, 7) is 4.15. The normalized spacial score (nSPS) is 16.9. The summed E-state index contributed by atoms with van der Waals surface area (Å²) in [5.74, 6) is 2.04. The van der Waals surface area contributed by atoms with Gasteiger partial charge in [-0.25, -0.2) is 15.0 Å². The Hall–Kier alpha value is -4.70. The van der Waals surface area contributed by atoms with Crippen molar-refractivity contribution in [2.45, 2.75) is 38.8 Å². The summed E-state index contributed by atoms with van der Waals surface area (Å²) >= 11 is 0. The number of aromatic nitrogens is 7. The zero-order chi connectivity index (χ0) is 27.5. The summed E-state index contributed by atoms with van der Waals surface area (Å²) < 4.78 is 15.2. The molecule has 0 bridgehead atoms. The van der Waals surface area contributed by atoms with Crippen molar-refractivity contribution in [3.63, 3.8) is 0 Å². The summed E-state index contributed by atoms with van der Waals surface area (Å²) in [5.41, 5.74) is 1.47. The molecule has 1 aliphatic rings. The van der Waals surface area contributed by atoms with Crippen LogP contribution in [0.25, 0.3) is 22.5 Å².